The second kappa shape index (κ2) is 5.83. The maximum Gasteiger partial charge on any atom is 0.330 e. The van der Waals surface area contributed by atoms with Gasteiger partial charge >= 0.3 is 5.97 Å². The van der Waals surface area contributed by atoms with Crippen LogP contribution < -0.4 is 5.32 Å². The van der Waals surface area contributed by atoms with E-state index in [0.717, 1.165) is 11.1 Å². The normalized spacial score (nSPS) is 12.0. The van der Waals surface area contributed by atoms with Gasteiger partial charge in [0.05, 0.1) is 0 Å². The van der Waals surface area contributed by atoms with Crippen molar-refractivity contribution in [3.05, 3.63) is 58.5 Å². The van der Waals surface area contributed by atoms with Crippen molar-refractivity contribution in [2.75, 3.05) is 0 Å². The molecule has 21 heavy (non-hydrogen) atoms. The summed E-state index contributed by atoms with van der Waals surface area (Å²) in [6, 6.07) is 7.44. The Morgan fingerprint density at radius 3 is 2.43 bits per heavy atom. The van der Waals surface area contributed by atoms with Crippen LogP contribution in [0.25, 0.3) is 0 Å². The van der Waals surface area contributed by atoms with Crippen LogP contribution in [0.3, 0.4) is 0 Å². The van der Waals surface area contributed by atoms with Gasteiger partial charge in [0.15, 0.2) is 11.8 Å². The summed E-state index contributed by atoms with van der Waals surface area (Å²) in [7, 11) is 0. The molecule has 0 saturated carbocycles. The molecular weight excluding hydrogens is 270 g/mol. The van der Waals surface area contributed by atoms with Gasteiger partial charge in [-0.05, 0) is 49.6 Å². The van der Waals surface area contributed by atoms with E-state index in [1.807, 2.05) is 19.9 Å². The van der Waals surface area contributed by atoms with Crippen LogP contribution in [0.4, 0.5) is 0 Å². The van der Waals surface area contributed by atoms with Gasteiger partial charge in [-0.3, -0.25) is 4.79 Å². The van der Waals surface area contributed by atoms with Crippen molar-refractivity contribution in [2.24, 2.45) is 0 Å². The second-order valence-electron chi connectivity index (χ2n) is 4.94. The summed E-state index contributed by atoms with van der Waals surface area (Å²) in [5, 5.41) is 11.9. The Kier molecular flexibility index (Phi) is 4.12. The molecule has 0 fully saturated rings. The molecule has 110 valence electrons. The van der Waals surface area contributed by atoms with Crippen LogP contribution >= 0.6 is 0 Å². The van der Waals surface area contributed by atoms with Gasteiger partial charge in [-0.2, -0.15) is 0 Å². The molecule has 0 radical (unpaired) electrons. The predicted octanol–water partition coefficient (Wildman–Crippen LogP) is 2.76. The zero-order chi connectivity index (χ0) is 15.6. The highest BCUT2D eigenvalue weighted by atomic mass is 16.4. The van der Waals surface area contributed by atoms with Crippen LogP contribution in [0.1, 0.15) is 39.0 Å². The summed E-state index contributed by atoms with van der Waals surface area (Å²) in [5.41, 5.74) is 2.39. The SMILES string of the molecule is Cc1ccc(C(=O)NC(C(=O)O)c2cccc(C)c2C)o1. The summed E-state index contributed by atoms with van der Waals surface area (Å²) in [6.07, 6.45) is 0. The third kappa shape index (κ3) is 3.13. The molecule has 0 aliphatic carbocycles. The van der Waals surface area contributed by atoms with Gasteiger partial charge < -0.3 is 14.8 Å². The van der Waals surface area contributed by atoms with Gasteiger partial charge in [0, 0.05) is 0 Å². The Morgan fingerprint density at radius 1 is 1.14 bits per heavy atom. The van der Waals surface area contributed by atoms with Gasteiger partial charge in [-0.25, -0.2) is 4.79 Å². The zero-order valence-corrected chi connectivity index (χ0v) is 12.1. The van der Waals surface area contributed by atoms with Crippen LogP contribution in [-0.2, 0) is 4.79 Å². The molecule has 1 atom stereocenters. The van der Waals surface area contributed by atoms with Gasteiger partial charge in [-0.1, -0.05) is 18.2 Å². The minimum absolute atomic E-state index is 0.101. The van der Waals surface area contributed by atoms with Crippen LogP contribution in [0.15, 0.2) is 34.7 Å². The number of carbonyl (C=O) groups is 2. The van der Waals surface area contributed by atoms with E-state index in [1.165, 1.54) is 6.07 Å². The average Bonchev–Trinajstić information content (AvgIpc) is 2.86. The lowest BCUT2D eigenvalue weighted by atomic mass is 9.97. The van der Waals surface area contributed by atoms with Crippen molar-refractivity contribution in [2.45, 2.75) is 26.8 Å². The Labute approximate surface area is 122 Å². The molecule has 0 aliphatic heterocycles. The fourth-order valence-corrected chi connectivity index (χ4v) is 2.12. The van der Waals surface area contributed by atoms with E-state index >= 15 is 0 Å². The van der Waals surface area contributed by atoms with Crippen LogP contribution in [-0.4, -0.2) is 17.0 Å². The van der Waals surface area contributed by atoms with Crippen molar-refractivity contribution < 1.29 is 19.1 Å². The lowest BCUT2D eigenvalue weighted by Gasteiger charge is -2.17. The molecule has 1 aromatic carbocycles. The number of nitrogens with one attached hydrogen (secondary N) is 1. The number of hydrogen-bond acceptors (Lipinski definition) is 3. The van der Waals surface area contributed by atoms with E-state index in [2.05, 4.69) is 5.32 Å². The number of amides is 1. The van der Waals surface area contributed by atoms with E-state index in [9.17, 15) is 14.7 Å². The quantitative estimate of drug-likeness (QED) is 0.906. The number of carboxylic acids is 1. The second-order valence-corrected chi connectivity index (χ2v) is 4.94. The third-order valence-electron chi connectivity index (χ3n) is 3.44. The molecule has 2 rings (SSSR count). The van der Waals surface area contributed by atoms with Gasteiger partial charge in [0.2, 0.25) is 0 Å². The highest BCUT2D eigenvalue weighted by Gasteiger charge is 2.25. The number of benzene rings is 1. The first-order chi connectivity index (χ1) is 9.90. The maximum absolute atomic E-state index is 12.1. The van der Waals surface area contributed by atoms with E-state index in [0.29, 0.717) is 11.3 Å². The average molecular weight is 287 g/mol. The lowest BCUT2D eigenvalue weighted by Crippen LogP contribution is -2.34. The molecule has 1 heterocycles. The number of hydrogen-bond donors (Lipinski definition) is 2. The molecule has 0 aliphatic rings. The van der Waals surface area contributed by atoms with Crippen molar-refractivity contribution in [1.29, 1.82) is 0 Å². The Morgan fingerprint density at radius 2 is 1.86 bits per heavy atom. The molecule has 5 nitrogen and oxygen atoms in total. The first-order valence-electron chi connectivity index (χ1n) is 6.56. The molecular formula is C16H17NO4. The monoisotopic (exact) mass is 287 g/mol. The third-order valence-corrected chi connectivity index (χ3v) is 3.44. The highest BCUT2D eigenvalue weighted by Crippen LogP contribution is 2.21. The predicted molar refractivity (Wildman–Crippen MR) is 77.2 cm³/mol. The topological polar surface area (TPSA) is 79.5 Å². The molecule has 1 amide bonds. The van der Waals surface area contributed by atoms with Crippen molar-refractivity contribution >= 4 is 11.9 Å². The number of carbonyl (C=O) groups excluding carboxylic acids is 1. The summed E-state index contributed by atoms with van der Waals surface area (Å²) in [4.78, 5) is 23.6. The van der Waals surface area contributed by atoms with E-state index in [4.69, 9.17) is 4.42 Å². The number of aliphatic carboxylic acids is 1. The van der Waals surface area contributed by atoms with Crippen molar-refractivity contribution in [3.63, 3.8) is 0 Å². The minimum atomic E-state index is -1.11. The minimum Gasteiger partial charge on any atom is -0.479 e. The number of aryl methyl sites for hydroxylation is 2. The van der Waals surface area contributed by atoms with Crippen LogP contribution in [0.5, 0.6) is 0 Å². The fraction of sp³-hybridized carbons (Fsp3) is 0.250. The standard InChI is InChI=1S/C16H17NO4/c1-9-5-4-6-12(11(9)3)14(16(19)20)17-15(18)13-8-7-10(2)21-13/h4-8,14H,1-3H3,(H,17,18)(H,19,20). The molecule has 0 bridgehead atoms. The molecule has 0 saturated heterocycles. The van der Waals surface area contributed by atoms with E-state index in [1.54, 1.807) is 25.1 Å². The molecule has 2 N–H and O–H groups in total. The zero-order valence-electron chi connectivity index (χ0n) is 12.1. The number of carboxylic acid groups (broad SMARTS) is 1. The molecule has 1 aromatic heterocycles. The Hall–Kier alpha value is -2.56. The molecule has 1 unspecified atom stereocenters. The summed E-state index contributed by atoms with van der Waals surface area (Å²) in [6.45, 7) is 5.45. The van der Waals surface area contributed by atoms with Gasteiger partial charge in [0.1, 0.15) is 5.76 Å². The Balaban J connectivity index is 2.30. The summed E-state index contributed by atoms with van der Waals surface area (Å²) < 4.78 is 5.21. The molecule has 0 spiro atoms. The van der Waals surface area contributed by atoms with E-state index in [-0.39, 0.29) is 5.76 Å². The van der Waals surface area contributed by atoms with Crippen molar-refractivity contribution in [3.8, 4) is 0 Å². The van der Waals surface area contributed by atoms with E-state index < -0.39 is 17.9 Å². The summed E-state index contributed by atoms with van der Waals surface area (Å²) >= 11 is 0. The summed E-state index contributed by atoms with van der Waals surface area (Å²) in [5.74, 6) is -0.959. The van der Waals surface area contributed by atoms with Crippen LogP contribution in [0, 0.1) is 20.8 Å². The number of furan rings is 1. The smallest absolute Gasteiger partial charge is 0.330 e. The molecule has 5 heteroatoms. The van der Waals surface area contributed by atoms with Gasteiger partial charge in [-0.15, -0.1) is 0 Å². The first kappa shape index (κ1) is 14.8. The van der Waals surface area contributed by atoms with Crippen molar-refractivity contribution in [1.82, 2.24) is 5.32 Å². The number of rotatable bonds is 4. The first-order valence-corrected chi connectivity index (χ1v) is 6.56. The van der Waals surface area contributed by atoms with Crippen LogP contribution in [0.2, 0.25) is 0 Å². The molecule has 2 aromatic rings. The van der Waals surface area contributed by atoms with Gasteiger partial charge in [0.25, 0.3) is 5.91 Å². The highest BCUT2D eigenvalue weighted by molar-refractivity contribution is 5.94. The maximum atomic E-state index is 12.1. The lowest BCUT2D eigenvalue weighted by molar-refractivity contribution is -0.139. The fourth-order valence-electron chi connectivity index (χ4n) is 2.12. The largest absolute Gasteiger partial charge is 0.479 e. The Bertz CT molecular complexity index is 687.